The van der Waals surface area contributed by atoms with Gasteiger partial charge in [0.15, 0.2) is 11.6 Å². The van der Waals surface area contributed by atoms with Gasteiger partial charge in [0, 0.05) is 41.4 Å². The number of rotatable bonds is 0. The molecule has 8 fully saturated rings. The molecule has 12 aliphatic rings. The molecule has 0 unspecified atom stereocenters. The Bertz CT molecular complexity index is 2270. The molecule has 1 aromatic heterocycles. The third-order valence-electron chi connectivity index (χ3n) is 23.2. The molecule has 0 amide bonds. The second-order valence-corrected chi connectivity index (χ2v) is 26.2. The van der Waals surface area contributed by atoms with Crippen LogP contribution >= 0.6 is 0 Å². The Labute approximate surface area is 385 Å². The van der Waals surface area contributed by atoms with Crippen molar-refractivity contribution in [2.24, 2.45) is 74.9 Å². The first kappa shape index (κ1) is 43.2. The van der Waals surface area contributed by atoms with Gasteiger partial charge >= 0.3 is 0 Å². The summed E-state index contributed by atoms with van der Waals surface area (Å²) in [5.41, 5.74) is 3.00. The fourth-order valence-electron chi connectivity index (χ4n) is 19.0. The lowest BCUT2D eigenvalue weighted by Crippen LogP contribution is -2.64. The zero-order valence-corrected chi connectivity index (χ0v) is 40.2. The van der Waals surface area contributed by atoms with E-state index in [2.05, 4.69) is 46.8 Å². The fourth-order valence-corrected chi connectivity index (χ4v) is 19.0. The van der Waals surface area contributed by atoms with E-state index in [0.29, 0.717) is 55.8 Å². The normalized spacial score (nSPS) is 59.1. The van der Waals surface area contributed by atoms with Gasteiger partial charge in [0.1, 0.15) is 11.7 Å². The van der Waals surface area contributed by atoms with E-state index in [0.717, 1.165) is 63.5 Å². The Morgan fingerprint density at radius 2 is 1.15 bits per heavy atom. The van der Waals surface area contributed by atoms with Gasteiger partial charge in [-0.05, 0) is 137 Å². The van der Waals surface area contributed by atoms with Crippen LogP contribution in [0.2, 0.25) is 0 Å². The van der Waals surface area contributed by atoms with Gasteiger partial charge in [-0.25, -0.2) is 0 Å². The number of hydrogen-bond donors (Lipinski definition) is 5. The minimum atomic E-state index is -1.31. The molecule has 4 aliphatic heterocycles. The SMILES string of the molecule is C[C@@H]1[C@@]2(CC[C@@](C)(O)CO2)O[C@H]2C=C3[C@@H]4CC[C@H]5Cc6nc7c(nc6C[C@]5(C)[C@H]4C[C@@H](O)[C@]3(C)[C@]21O)C[C@@H]1CC[C@H]2C3=C[C@@H]4O[C@]5(CC[C@](C)(O)CO5)[C@@H](C)[C@@H]4[C@@]3(C)[C@H](O)C[C@@H]2[C@@]1(C)C7. The van der Waals surface area contributed by atoms with Crippen LogP contribution in [-0.2, 0) is 44.6 Å². The third-order valence-corrected chi connectivity index (χ3v) is 23.2. The molecule has 13 rings (SSSR count). The Hall–Kier alpha value is -1.80. The summed E-state index contributed by atoms with van der Waals surface area (Å²) in [4.78, 5) is 11.2. The van der Waals surface area contributed by atoms with Crippen molar-refractivity contribution in [1.29, 1.82) is 0 Å². The van der Waals surface area contributed by atoms with Gasteiger partial charge in [0.2, 0.25) is 0 Å². The number of nitrogens with zero attached hydrogens (tertiary/aromatic N) is 2. The van der Waals surface area contributed by atoms with E-state index in [1.807, 2.05) is 13.8 Å². The van der Waals surface area contributed by atoms with E-state index >= 15 is 0 Å². The van der Waals surface area contributed by atoms with Crippen molar-refractivity contribution in [3.05, 3.63) is 46.1 Å². The summed E-state index contributed by atoms with van der Waals surface area (Å²) >= 11 is 0. The standard InChI is InChI=1S/C54H76N2O9/c1-27-45-41(64-52(27)15-13-46(3,59)25-62-52)19-35-31-11-9-29-17-37-39(23-48(29,5)33(31)20-42(57)50(35,45)7)55-38-18-30-10-12-32-34(49(30,6)24-40(38)56-37)21-43(58)51(8)36(32)22-44-54(51,61)28(2)53(65-44)16-14-47(4,60)26-63-53/h19,22,27-34,41-45,57-61H,9-18,20-21,23-26H2,1-8H3/t27-,28+,29-,30-,31+,32+,33-,34-,41-,42+,43+,44-,45-,46-,47+,48-,49-,50+,51+,52+,53+,54+/m0/s1. The molecule has 0 aromatic carbocycles. The number of aliphatic hydroxyl groups excluding tert-OH is 2. The van der Waals surface area contributed by atoms with Gasteiger partial charge in [0.05, 0.1) is 65.5 Å². The molecule has 11 nitrogen and oxygen atoms in total. The smallest absolute Gasteiger partial charge is 0.174 e. The molecule has 5 N–H and O–H groups in total. The van der Waals surface area contributed by atoms with Gasteiger partial charge in [-0.2, -0.15) is 0 Å². The zero-order chi connectivity index (χ0) is 45.4. The van der Waals surface area contributed by atoms with Gasteiger partial charge in [0.25, 0.3) is 0 Å². The topological polar surface area (TPSA) is 164 Å². The van der Waals surface area contributed by atoms with Crippen LogP contribution in [0.1, 0.15) is 142 Å². The lowest BCUT2D eigenvalue weighted by Gasteiger charge is -2.61. The summed E-state index contributed by atoms with van der Waals surface area (Å²) in [5, 5.41) is 59.2. The lowest BCUT2D eigenvalue weighted by atomic mass is 9.44. The molecule has 0 bridgehead atoms. The van der Waals surface area contributed by atoms with Crippen LogP contribution in [0.4, 0.5) is 0 Å². The monoisotopic (exact) mass is 897 g/mol. The summed E-state index contributed by atoms with van der Waals surface area (Å²) in [7, 11) is 0. The van der Waals surface area contributed by atoms with Crippen LogP contribution in [0.5, 0.6) is 0 Å². The fraction of sp³-hybridized carbons (Fsp3) is 0.852. The number of aliphatic hydroxyl groups is 5. The average molecular weight is 897 g/mol. The van der Waals surface area contributed by atoms with Crippen LogP contribution in [0.25, 0.3) is 0 Å². The summed E-state index contributed by atoms with van der Waals surface area (Å²) < 4.78 is 26.4. The van der Waals surface area contributed by atoms with Gasteiger partial charge in [-0.15, -0.1) is 0 Å². The quantitative estimate of drug-likeness (QED) is 0.185. The second-order valence-electron chi connectivity index (χ2n) is 26.2. The minimum absolute atomic E-state index is 0.0122. The van der Waals surface area contributed by atoms with E-state index in [4.69, 9.17) is 28.9 Å². The lowest BCUT2D eigenvalue weighted by molar-refractivity contribution is -0.289. The van der Waals surface area contributed by atoms with Crippen LogP contribution < -0.4 is 0 Å². The van der Waals surface area contributed by atoms with Crippen LogP contribution in [0, 0.1) is 74.9 Å². The number of aromatic nitrogens is 2. The maximum absolute atomic E-state index is 12.9. The average Bonchev–Trinajstić information content (AvgIpc) is 3.86. The number of fused-ring (bicyclic) bond motifs is 16. The van der Waals surface area contributed by atoms with Crippen LogP contribution in [0.3, 0.4) is 0 Å². The largest absolute Gasteiger partial charge is 0.392 e. The summed E-state index contributed by atoms with van der Waals surface area (Å²) in [6.45, 7) is 17.8. The number of ether oxygens (including phenoxy) is 4. The molecule has 356 valence electrons. The van der Waals surface area contributed by atoms with E-state index in [-0.39, 0.29) is 65.2 Å². The van der Waals surface area contributed by atoms with Crippen LogP contribution in [0.15, 0.2) is 23.3 Å². The zero-order valence-electron chi connectivity index (χ0n) is 40.2. The first-order chi connectivity index (χ1) is 30.5. The van der Waals surface area contributed by atoms with Crippen molar-refractivity contribution in [2.75, 3.05) is 13.2 Å². The maximum atomic E-state index is 12.9. The highest BCUT2D eigenvalue weighted by Gasteiger charge is 2.77. The molecule has 0 radical (unpaired) electrons. The third kappa shape index (κ3) is 5.25. The van der Waals surface area contributed by atoms with Crippen molar-refractivity contribution in [2.45, 2.75) is 198 Å². The molecule has 4 saturated carbocycles. The molecular weight excluding hydrogens is 821 g/mol. The summed E-state index contributed by atoms with van der Waals surface area (Å²) in [5.74, 6) is 0.408. The highest BCUT2D eigenvalue weighted by atomic mass is 16.7. The second kappa shape index (κ2) is 13.1. The highest BCUT2D eigenvalue weighted by molar-refractivity contribution is 5.43. The van der Waals surface area contributed by atoms with Crippen LogP contribution in [-0.4, -0.2) is 102 Å². The first-order valence-corrected chi connectivity index (χ1v) is 26.0. The molecule has 5 heterocycles. The van der Waals surface area contributed by atoms with Gasteiger partial charge in [-0.3, -0.25) is 9.97 Å². The van der Waals surface area contributed by atoms with E-state index < -0.39 is 52.1 Å². The summed E-state index contributed by atoms with van der Waals surface area (Å²) in [6, 6.07) is 0. The van der Waals surface area contributed by atoms with Gasteiger partial charge in [-0.1, -0.05) is 64.8 Å². The van der Waals surface area contributed by atoms with Crippen molar-refractivity contribution in [3.8, 4) is 0 Å². The Balaban J connectivity index is 0.760. The van der Waals surface area contributed by atoms with Crippen molar-refractivity contribution >= 4 is 0 Å². The van der Waals surface area contributed by atoms with Crippen molar-refractivity contribution < 1.29 is 44.5 Å². The molecule has 1 aromatic rings. The van der Waals surface area contributed by atoms with Crippen molar-refractivity contribution in [1.82, 2.24) is 9.97 Å². The minimum Gasteiger partial charge on any atom is -0.392 e. The Morgan fingerprint density at radius 1 is 0.615 bits per heavy atom. The van der Waals surface area contributed by atoms with Gasteiger partial charge < -0.3 is 44.5 Å². The Morgan fingerprint density at radius 3 is 1.71 bits per heavy atom. The van der Waals surface area contributed by atoms with E-state index in [1.54, 1.807) is 6.92 Å². The summed E-state index contributed by atoms with van der Waals surface area (Å²) in [6.07, 6.45) is 14.6. The molecule has 2 spiro atoms. The molecule has 4 saturated heterocycles. The van der Waals surface area contributed by atoms with Crippen molar-refractivity contribution in [3.63, 3.8) is 0 Å². The molecular formula is C54H76N2O9. The first-order valence-electron chi connectivity index (χ1n) is 26.0. The van der Waals surface area contributed by atoms with E-state index in [1.165, 1.54) is 28.2 Å². The van der Waals surface area contributed by atoms with E-state index in [9.17, 15) is 25.5 Å². The molecule has 65 heavy (non-hydrogen) atoms. The molecule has 11 heteroatoms. The predicted octanol–water partition coefficient (Wildman–Crippen LogP) is 6.33. The molecule has 22 atom stereocenters. The predicted molar refractivity (Wildman–Crippen MR) is 240 cm³/mol. The number of hydrogen-bond acceptors (Lipinski definition) is 11. The maximum Gasteiger partial charge on any atom is 0.174 e. The Kier molecular flexibility index (Phi) is 8.73. The molecule has 8 aliphatic carbocycles. The highest BCUT2D eigenvalue weighted by Crippen LogP contribution is 2.72.